The molecule has 1 aliphatic rings. The fraction of sp³-hybridized carbons (Fsp3) is 1.00. The third kappa shape index (κ3) is 0.763. The standard InChI is InChI=1S/C5H10O2/c6-3-4-1-2-5(4)7/h4-7H,1-3H2. The van der Waals surface area contributed by atoms with Gasteiger partial charge in [0, 0.05) is 12.5 Å². The first-order chi connectivity index (χ1) is 3.34. The minimum absolute atomic E-state index is 0.154. The predicted molar refractivity (Wildman–Crippen MR) is 25.8 cm³/mol. The summed E-state index contributed by atoms with van der Waals surface area (Å²) in [6.07, 6.45) is 1.67. The molecule has 0 aliphatic heterocycles. The minimum atomic E-state index is -0.204. The lowest BCUT2D eigenvalue weighted by atomic mass is 9.83. The zero-order chi connectivity index (χ0) is 5.28. The van der Waals surface area contributed by atoms with Crippen LogP contribution in [0.1, 0.15) is 12.8 Å². The third-order valence-corrected chi connectivity index (χ3v) is 1.61. The van der Waals surface area contributed by atoms with Crippen molar-refractivity contribution in [2.75, 3.05) is 6.61 Å². The number of aliphatic hydroxyl groups excluding tert-OH is 2. The van der Waals surface area contributed by atoms with Crippen LogP contribution in [-0.2, 0) is 0 Å². The molecule has 2 heteroatoms. The molecule has 2 N–H and O–H groups in total. The van der Waals surface area contributed by atoms with Crippen LogP contribution in [0.25, 0.3) is 0 Å². The first-order valence-corrected chi connectivity index (χ1v) is 2.63. The lowest BCUT2D eigenvalue weighted by molar-refractivity contribution is -0.00713. The molecular weight excluding hydrogens is 92.1 g/mol. The summed E-state index contributed by atoms with van der Waals surface area (Å²) in [7, 11) is 0. The summed E-state index contributed by atoms with van der Waals surface area (Å²) in [5, 5.41) is 17.1. The third-order valence-electron chi connectivity index (χ3n) is 1.61. The molecule has 0 heterocycles. The van der Waals surface area contributed by atoms with Crippen molar-refractivity contribution in [3.8, 4) is 0 Å². The zero-order valence-corrected chi connectivity index (χ0v) is 4.17. The van der Waals surface area contributed by atoms with E-state index in [1.54, 1.807) is 0 Å². The Kier molecular flexibility index (Phi) is 1.30. The Balaban J connectivity index is 2.16. The van der Waals surface area contributed by atoms with E-state index in [-0.39, 0.29) is 18.6 Å². The lowest BCUT2D eigenvalue weighted by Crippen LogP contribution is -2.33. The molecule has 1 rings (SSSR count). The Morgan fingerprint density at radius 2 is 2.14 bits per heavy atom. The average molecular weight is 102 g/mol. The van der Waals surface area contributed by atoms with Gasteiger partial charge >= 0.3 is 0 Å². The summed E-state index contributed by atoms with van der Waals surface area (Å²) in [6.45, 7) is 0.154. The molecule has 1 saturated carbocycles. The number of hydrogen-bond donors (Lipinski definition) is 2. The lowest BCUT2D eigenvalue weighted by Gasteiger charge is -2.30. The Morgan fingerprint density at radius 3 is 2.14 bits per heavy atom. The average Bonchev–Trinajstić information content (AvgIpc) is 1.65. The Labute approximate surface area is 42.8 Å². The van der Waals surface area contributed by atoms with Crippen LogP contribution in [0, 0.1) is 5.92 Å². The van der Waals surface area contributed by atoms with Gasteiger partial charge in [-0.05, 0) is 12.8 Å². The monoisotopic (exact) mass is 102 g/mol. The van der Waals surface area contributed by atoms with Gasteiger partial charge in [-0.15, -0.1) is 0 Å². The van der Waals surface area contributed by atoms with Gasteiger partial charge in [0.05, 0.1) is 6.10 Å². The maximum atomic E-state index is 8.75. The van der Waals surface area contributed by atoms with Gasteiger partial charge in [-0.25, -0.2) is 0 Å². The molecule has 7 heavy (non-hydrogen) atoms. The van der Waals surface area contributed by atoms with Crippen LogP contribution in [0.5, 0.6) is 0 Å². The molecule has 1 aliphatic carbocycles. The highest BCUT2D eigenvalue weighted by molar-refractivity contribution is 4.78. The van der Waals surface area contributed by atoms with E-state index in [4.69, 9.17) is 10.2 Å². The molecule has 2 nitrogen and oxygen atoms in total. The number of rotatable bonds is 1. The van der Waals surface area contributed by atoms with E-state index in [9.17, 15) is 0 Å². The summed E-state index contributed by atoms with van der Waals surface area (Å²) in [5.41, 5.74) is 0. The van der Waals surface area contributed by atoms with E-state index in [0.717, 1.165) is 12.8 Å². The molecule has 0 radical (unpaired) electrons. The number of hydrogen-bond acceptors (Lipinski definition) is 2. The molecule has 0 aromatic rings. The van der Waals surface area contributed by atoms with Crippen LogP contribution in [0.4, 0.5) is 0 Å². The second-order valence-corrected chi connectivity index (χ2v) is 2.09. The fourth-order valence-corrected chi connectivity index (χ4v) is 0.764. The van der Waals surface area contributed by atoms with Gasteiger partial charge in [-0.1, -0.05) is 0 Å². The van der Waals surface area contributed by atoms with E-state index < -0.39 is 0 Å². The molecule has 0 spiro atoms. The maximum Gasteiger partial charge on any atom is 0.0590 e. The number of aliphatic hydroxyl groups is 2. The van der Waals surface area contributed by atoms with Gasteiger partial charge in [0.25, 0.3) is 0 Å². The van der Waals surface area contributed by atoms with E-state index in [1.807, 2.05) is 0 Å². The highest BCUT2D eigenvalue weighted by atomic mass is 16.3. The van der Waals surface area contributed by atoms with Crippen LogP contribution in [-0.4, -0.2) is 22.9 Å². The summed E-state index contributed by atoms with van der Waals surface area (Å²) >= 11 is 0. The van der Waals surface area contributed by atoms with Crippen molar-refractivity contribution in [3.63, 3.8) is 0 Å². The molecule has 0 aromatic heterocycles. The highest BCUT2D eigenvalue weighted by Crippen LogP contribution is 2.25. The van der Waals surface area contributed by atoms with Crippen molar-refractivity contribution < 1.29 is 10.2 Å². The van der Waals surface area contributed by atoms with Crippen molar-refractivity contribution >= 4 is 0 Å². The van der Waals surface area contributed by atoms with Crippen molar-refractivity contribution in [1.29, 1.82) is 0 Å². The molecule has 0 saturated heterocycles. The van der Waals surface area contributed by atoms with Crippen molar-refractivity contribution in [2.45, 2.75) is 18.9 Å². The van der Waals surface area contributed by atoms with E-state index in [1.165, 1.54) is 0 Å². The van der Waals surface area contributed by atoms with Crippen molar-refractivity contribution in [2.24, 2.45) is 5.92 Å². The topological polar surface area (TPSA) is 40.5 Å². The highest BCUT2D eigenvalue weighted by Gasteiger charge is 2.27. The summed E-state index contributed by atoms with van der Waals surface area (Å²) in [4.78, 5) is 0. The van der Waals surface area contributed by atoms with Gasteiger partial charge in [0.2, 0.25) is 0 Å². The normalized spacial score (nSPS) is 40.3. The predicted octanol–water partition coefficient (Wildman–Crippen LogP) is -0.250. The Bertz CT molecular complexity index is 61.1. The second kappa shape index (κ2) is 1.80. The largest absolute Gasteiger partial charge is 0.396 e. The van der Waals surface area contributed by atoms with E-state index in [2.05, 4.69) is 0 Å². The minimum Gasteiger partial charge on any atom is -0.396 e. The molecule has 0 aromatic carbocycles. The first kappa shape index (κ1) is 5.06. The summed E-state index contributed by atoms with van der Waals surface area (Å²) in [6, 6.07) is 0. The molecule has 2 atom stereocenters. The van der Waals surface area contributed by atoms with Crippen molar-refractivity contribution in [1.82, 2.24) is 0 Å². The van der Waals surface area contributed by atoms with E-state index in [0.29, 0.717) is 0 Å². The quantitative estimate of drug-likeness (QED) is 0.479. The van der Waals surface area contributed by atoms with Crippen LogP contribution in [0.2, 0.25) is 0 Å². The SMILES string of the molecule is OCC1CCC1O. The summed E-state index contributed by atoms with van der Waals surface area (Å²) < 4.78 is 0. The van der Waals surface area contributed by atoms with Crippen LogP contribution < -0.4 is 0 Å². The van der Waals surface area contributed by atoms with Gasteiger partial charge in [-0.2, -0.15) is 0 Å². The second-order valence-electron chi connectivity index (χ2n) is 2.09. The Morgan fingerprint density at radius 1 is 1.43 bits per heavy atom. The summed E-state index contributed by atoms with van der Waals surface area (Å²) in [5.74, 6) is 0.194. The van der Waals surface area contributed by atoms with Crippen LogP contribution >= 0.6 is 0 Å². The van der Waals surface area contributed by atoms with Crippen LogP contribution in [0.15, 0.2) is 0 Å². The van der Waals surface area contributed by atoms with Crippen LogP contribution in [0.3, 0.4) is 0 Å². The van der Waals surface area contributed by atoms with Crippen molar-refractivity contribution in [3.05, 3.63) is 0 Å². The Hall–Kier alpha value is -0.0800. The molecule has 42 valence electrons. The van der Waals surface area contributed by atoms with E-state index >= 15 is 0 Å². The molecule has 0 bridgehead atoms. The van der Waals surface area contributed by atoms with Gasteiger partial charge < -0.3 is 10.2 Å². The maximum absolute atomic E-state index is 8.75. The first-order valence-electron chi connectivity index (χ1n) is 2.63. The van der Waals surface area contributed by atoms with Gasteiger partial charge in [0.1, 0.15) is 0 Å². The molecule has 1 fully saturated rings. The smallest absolute Gasteiger partial charge is 0.0590 e. The fourth-order valence-electron chi connectivity index (χ4n) is 0.764. The molecular formula is C5H10O2. The molecule has 0 amide bonds. The van der Waals surface area contributed by atoms with Gasteiger partial charge in [0.15, 0.2) is 0 Å². The zero-order valence-electron chi connectivity index (χ0n) is 4.17. The van der Waals surface area contributed by atoms with Gasteiger partial charge in [-0.3, -0.25) is 0 Å². The molecule has 2 unspecified atom stereocenters.